The zero-order valence-corrected chi connectivity index (χ0v) is 29.4. The fraction of sp³-hybridized carbons (Fsp3) is 0.500. The molecule has 9 heteroatoms. The predicted molar refractivity (Wildman–Crippen MR) is 192 cm³/mol. The lowest BCUT2D eigenvalue weighted by Crippen LogP contribution is -2.39. The van der Waals surface area contributed by atoms with E-state index in [0.717, 1.165) is 68.6 Å². The van der Waals surface area contributed by atoms with Crippen molar-refractivity contribution in [1.82, 2.24) is 9.80 Å². The Balaban J connectivity index is 0.960. The number of rotatable bonds is 18. The minimum atomic E-state index is -0.417. The van der Waals surface area contributed by atoms with Crippen molar-refractivity contribution in [2.24, 2.45) is 11.8 Å². The maximum atomic E-state index is 12.8. The number of likely N-dealkylation sites (tertiary alicyclic amines) is 1. The lowest BCUT2D eigenvalue weighted by Gasteiger charge is -2.26. The second-order valence-corrected chi connectivity index (χ2v) is 13.2. The van der Waals surface area contributed by atoms with E-state index in [1.807, 2.05) is 54.6 Å². The Morgan fingerprint density at radius 1 is 0.857 bits per heavy atom. The van der Waals surface area contributed by atoms with Gasteiger partial charge in [-0.1, -0.05) is 79.7 Å². The van der Waals surface area contributed by atoms with Crippen molar-refractivity contribution in [2.45, 2.75) is 57.8 Å². The predicted octanol–water partition coefficient (Wildman–Crippen LogP) is 6.66. The van der Waals surface area contributed by atoms with Crippen molar-refractivity contribution >= 4 is 17.7 Å². The third kappa shape index (κ3) is 10.9. The van der Waals surface area contributed by atoms with Crippen LogP contribution < -0.4 is 5.32 Å². The highest BCUT2D eigenvalue weighted by Gasteiger charge is 2.42. The number of benzene rings is 3. The quantitative estimate of drug-likeness (QED) is 0.120. The van der Waals surface area contributed by atoms with Crippen LogP contribution in [0.1, 0.15) is 43.7 Å². The van der Waals surface area contributed by atoms with E-state index in [9.17, 15) is 9.59 Å². The summed E-state index contributed by atoms with van der Waals surface area (Å²) in [5.74, 6) is 1.22. The van der Waals surface area contributed by atoms with E-state index in [0.29, 0.717) is 44.6 Å². The Labute approximate surface area is 291 Å². The summed E-state index contributed by atoms with van der Waals surface area (Å²) in [7, 11) is 3.17. The Morgan fingerprint density at radius 2 is 1.51 bits per heavy atom. The molecule has 2 amide bonds. The zero-order valence-electron chi connectivity index (χ0n) is 29.4. The molecule has 3 aromatic rings. The normalized spacial score (nSPS) is 18.8. The molecule has 9 nitrogen and oxygen atoms in total. The van der Waals surface area contributed by atoms with Gasteiger partial charge in [-0.2, -0.15) is 0 Å². The van der Waals surface area contributed by atoms with E-state index in [2.05, 4.69) is 41.4 Å². The Bertz CT molecular complexity index is 1430. The summed E-state index contributed by atoms with van der Waals surface area (Å²) in [6.07, 6.45) is 4.11. The van der Waals surface area contributed by atoms with Crippen LogP contribution in [0.15, 0.2) is 78.9 Å². The Morgan fingerprint density at radius 3 is 2.18 bits per heavy atom. The standard InChI is InChI=1S/C40H53N3O6/c1-4-21-43(29-39(46-2)47-3)38(44)20-24-48-23-19-31-16-14-30(15-17-31)18-22-42-27-33-25-35(26-34(33)28-42)49-40(45)41-37-13-9-8-12-36(37)32-10-6-5-7-11-32/h5-17,33-35,39H,4,18-29H2,1-3H3,(H,41,45)/t33-,34+,35?. The second-order valence-electron chi connectivity index (χ2n) is 13.2. The molecule has 3 atom stereocenters. The summed E-state index contributed by atoms with van der Waals surface area (Å²) in [5.41, 5.74) is 5.38. The molecule has 0 spiro atoms. The SMILES string of the molecule is CCCN(CC(OC)OC)C(=O)CCOCCc1ccc(CCN2C[C@H]3CC(OC(=O)Nc4ccccc4-c4ccccc4)C[C@H]3C2)cc1. The van der Waals surface area contributed by atoms with Crippen LogP contribution in [0, 0.1) is 11.8 Å². The highest BCUT2D eigenvalue weighted by Crippen LogP contribution is 2.39. The van der Waals surface area contributed by atoms with Crippen LogP contribution in [0.5, 0.6) is 0 Å². The van der Waals surface area contributed by atoms with Crippen molar-refractivity contribution in [1.29, 1.82) is 0 Å². The van der Waals surface area contributed by atoms with Crippen LogP contribution in [-0.4, -0.2) is 94.4 Å². The molecule has 1 aliphatic carbocycles. The number of fused-ring (bicyclic) bond motifs is 1. The minimum Gasteiger partial charge on any atom is -0.446 e. The molecular formula is C40H53N3O6. The fourth-order valence-electron chi connectivity index (χ4n) is 7.16. The Hall–Kier alpha value is -3.76. The second kappa shape index (κ2) is 18.9. The monoisotopic (exact) mass is 671 g/mol. The number of methoxy groups -OCH3 is 2. The van der Waals surface area contributed by atoms with Gasteiger partial charge < -0.3 is 28.7 Å². The molecule has 0 radical (unpaired) electrons. The number of hydrogen-bond donors (Lipinski definition) is 1. The smallest absolute Gasteiger partial charge is 0.411 e. The van der Waals surface area contributed by atoms with E-state index in [-0.39, 0.29) is 18.1 Å². The van der Waals surface area contributed by atoms with Gasteiger partial charge in [0.2, 0.25) is 5.91 Å². The van der Waals surface area contributed by atoms with Crippen LogP contribution >= 0.6 is 0 Å². The van der Waals surface area contributed by atoms with Gasteiger partial charge in [-0.15, -0.1) is 0 Å². The van der Waals surface area contributed by atoms with Gasteiger partial charge in [-0.05, 0) is 66.7 Å². The molecule has 1 saturated heterocycles. The summed E-state index contributed by atoms with van der Waals surface area (Å²) in [6, 6.07) is 26.7. The largest absolute Gasteiger partial charge is 0.446 e. The number of anilines is 1. The van der Waals surface area contributed by atoms with E-state index in [1.54, 1.807) is 19.1 Å². The summed E-state index contributed by atoms with van der Waals surface area (Å²) in [5, 5.41) is 2.99. The molecule has 1 saturated carbocycles. The van der Waals surface area contributed by atoms with Gasteiger partial charge in [0.1, 0.15) is 6.10 Å². The van der Waals surface area contributed by atoms with Crippen molar-refractivity contribution in [3.63, 3.8) is 0 Å². The first-order valence-corrected chi connectivity index (χ1v) is 17.8. The number of carbonyl (C=O) groups is 2. The topological polar surface area (TPSA) is 89.6 Å². The van der Waals surface area contributed by atoms with Crippen molar-refractivity contribution in [3.05, 3.63) is 90.0 Å². The minimum absolute atomic E-state index is 0.0293. The molecule has 0 bridgehead atoms. The average molecular weight is 672 g/mol. The highest BCUT2D eigenvalue weighted by atomic mass is 16.7. The van der Waals surface area contributed by atoms with Gasteiger partial charge in [0.15, 0.2) is 6.29 Å². The summed E-state index contributed by atoms with van der Waals surface area (Å²) in [4.78, 5) is 29.9. The van der Waals surface area contributed by atoms with E-state index >= 15 is 0 Å². The molecule has 2 fully saturated rings. The molecule has 1 N–H and O–H groups in total. The number of hydrogen-bond acceptors (Lipinski definition) is 7. The van der Waals surface area contributed by atoms with Crippen LogP contribution in [0.3, 0.4) is 0 Å². The van der Waals surface area contributed by atoms with Gasteiger partial charge in [0, 0.05) is 46.0 Å². The molecule has 49 heavy (non-hydrogen) atoms. The molecule has 5 rings (SSSR count). The molecular weight excluding hydrogens is 618 g/mol. The number of para-hydroxylation sites is 1. The van der Waals surface area contributed by atoms with Crippen LogP contribution in [-0.2, 0) is 36.6 Å². The fourth-order valence-corrected chi connectivity index (χ4v) is 7.16. The molecule has 0 aromatic heterocycles. The number of carbonyl (C=O) groups excluding carboxylic acids is 2. The van der Waals surface area contributed by atoms with Gasteiger partial charge >= 0.3 is 6.09 Å². The van der Waals surface area contributed by atoms with Gasteiger partial charge in [-0.25, -0.2) is 4.79 Å². The molecule has 3 aromatic carbocycles. The molecule has 264 valence electrons. The summed E-state index contributed by atoms with van der Waals surface area (Å²) < 4.78 is 22.2. The molecule has 1 unspecified atom stereocenters. The van der Waals surface area contributed by atoms with E-state index < -0.39 is 6.29 Å². The third-order valence-corrected chi connectivity index (χ3v) is 9.78. The van der Waals surface area contributed by atoms with E-state index in [4.69, 9.17) is 18.9 Å². The lowest BCUT2D eigenvalue weighted by molar-refractivity contribution is -0.146. The zero-order chi connectivity index (χ0) is 34.4. The third-order valence-electron chi connectivity index (χ3n) is 9.78. The molecule has 2 aliphatic rings. The Kier molecular flexibility index (Phi) is 14.0. The highest BCUT2D eigenvalue weighted by molar-refractivity contribution is 5.91. The first kappa shape index (κ1) is 36.5. The molecule has 1 aliphatic heterocycles. The van der Waals surface area contributed by atoms with Crippen LogP contribution in [0.25, 0.3) is 11.1 Å². The average Bonchev–Trinajstić information content (AvgIpc) is 3.68. The first-order chi connectivity index (χ1) is 23.9. The van der Waals surface area contributed by atoms with Gasteiger partial charge in [0.25, 0.3) is 0 Å². The first-order valence-electron chi connectivity index (χ1n) is 17.8. The molecule has 1 heterocycles. The van der Waals surface area contributed by atoms with Gasteiger partial charge in [0.05, 0.1) is 31.9 Å². The van der Waals surface area contributed by atoms with E-state index in [1.165, 1.54) is 11.1 Å². The number of nitrogens with one attached hydrogen (secondary N) is 1. The van der Waals surface area contributed by atoms with Crippen molar-refractivity contribution in [2.75, 3.05) is 65.5 Å². The van der Waals surface area contributed by atoms with Crippen molar-refractivity contribution in [3.8, 4) is 11.1 Å². The van der Waals surface area contributed by atoms with Crippen molar-refractivity contribution < 1.29 is 28.5 Å². The number of amides is 2. The van der Waals surface area contributed by atoms with Gasteiger partial charge in [-0.3, -0.25) is 10.1 Å². The summed E-state index contributed by atoms with van der Waals surface area (Å²) >= 11 is 0. The maximum Gasteiger partial charge on any atom is 0.411 e. The van der Waals surface area contributed by atoms with Crippen LogP contribution in [0.2, 0.25) is 0 Å². The van der Waals surface area contributed by atoms with Crippen LogP contribution in [0.4, 0.5) is 10.5 Å². The number of ether oxygens (including phenoxy) is 4. The lowest BCUT2D eigenvalue weighted by atomic mass is 10.0. The maximum absolute atomic E-state index is 12.8. The number of nitrogens with zero attached hydrogens (tertiary/aromatic N) is 2. The summed E-state index contributed by atoms with van der Waals surface area (Å²) in [6.45, 7) is 7.31.